The number of rotatable bonds is 9. The first kappa shape index (κ1) is 17.5. The number of halogens is 1. The van der Waals surface area contributed by atoms with Gasteiger partial charge in [0.05, 0.1) is 0 Å². The molecule has 5 heteroatoms. The van der Waals surface area contributed by atoms with Crippen LogP contribution in [0.3, 0.4) is 0 Å². The fraction of sp³-hybridized carbons (Fsp3) is 0.533. The van der Waals surface area contributed by atoms with Crippen LogP contribution in [0.2, 0.25) is 0 Å². The molecule has 0 radical (unpaired) electrons. The zero-order chi connectivity index (χ0) is 15.0. The van der Waals surface area contributed by atoms with Crippen LogP contribution in [0.15, 0.2) is 33.6 Å². The molecule has 0 aliphatic heterocycles. The molecule has 0 aliphatic rings. The Kier molecular flexibility index (Phi) is 7.62. The van der Waals surface area contributed by atoms with Crippen molar-refractivity contribution in [2.24, 2.45) is 0 Å². The molecule has 0 saturated heterocycles. The van der Waals surface area contributed by atoms with Crippen molar-refractivity contribution in [3.8, 4) is 0 Å². The van der Waals surface area contributed by atoms with E-state index in [1.807, 2.05) is 19.1 Å². The van der Waals surface area contributed by atoms with Crippen LogP contribution in [0, 0.1) is 0 Å². The Bertz CT molecular complexity index is 442. The van der Waals surface area contributed by atoms with Crippen molar-refractivity contribution in [3.05, 3.63) is 28.7 Å². The van der Waals surface area contributed by atoms with E-state index < -0.39 is 11.5 Å². The van der Waals surface area contributed by atoms with Crippen LogP contribution in [-0.2, 0) is 4.79 Å². The van der Waals surface area contributed by atoms with Crippen LogP contribution in [0.4, 0.5) is 0 Å². The smallest absolute Gasteiger partial charge is 0.323 e. The first-order chi connectivity index (χ1) is 9.48. The highest BCUT2D eigenvalue weighted by molar-refractivity contribution is 9.10. The molecule has 1 unspecified atom stereocenters. The summed E-state index contributed by atoms with van der Waals surface area (Å²) in [6, 6.07) is 8.16. The van der Waals surface area contributed by atoms with Crippen LogP contribution in [0.1, 0.15) is 33.1 Å². The summed E-state index contributed by atoms with van der Waals surface area (Å²) in [5.41, 5.74) is -0.812. The van der Waals surface area contributed by atoms with Gasteiger partial charge in [0.15, 0.2) is 0 Å². The number of carboxylic acids is 1. The standard InChI is InChI=1S/C15H22BrNO2S/c1-3-9-17-15(2,14(18)19)8-5-10-20-13-7-4-6-12(16)11-13/h4,6-7,11,17H,3,5,8-10H2,1-2H3,(H,18,19). The van der Waals surface area contributed by atoms with Crippen molar-refractivity contribution in [2.45, 2.75) is 43.5 Å². The number of benzene rings is 1. The van der Waals surface area contributed by atoms with Crippen molar-refractivity contribution < 1.29 is 9.90 Å². The minimum absolute atomic E-state index is 0.642. The molecule has 0 heterocycles. The van der Waals surface area contributed by atoms with Crippen LogP contribution in [0.25, 0.3) is 0 Å². The highest BCUT2D eigenvalue weighted by Gasteiger charge is 2.31. The fourth-order valence-electron chi connectivity index (χ4n) is 1.84. The molecule has 1 aromatic rings. The molecule has 3 nitrogen and oxygen atoms in total. The van der Waals surface area contributed by atoms with Crippen LogP contribution >= 0.6 is 27.7 Å². The summed E-state index contributed by atoms with van der Waals surface area (Å²) in [5.74, 6) is 0.158. The molecule has 0 aromatic heterocycles. The van der Waals surface area contributed by atoms with Gasteiger partial charge in [0.25, 0.3) is 0 Å². The molecule has 1 rings (SSSR count). The lowest BCUT2D eigenvalue weighted by molar-refractivity contribution is -0.144. The molecule has 1 atom stereocenters. The number of nitrogens with one attached hydrogen (secondary N) is 1. The fourth-order valence-corrected chi connectivity index (χ4v) is 3.30. The Morgan fingerprint density at radius 3 is 2.85 bits per heavy atom. The summed E-state index contributed by atoms with van der Waals surface area (Å²) >= 11 is 5.21. The van der Waals surface area contributed by atoms with Gasteiger partial charge in [0.1, 0.15) is 5.54 Å². The van der Waals surface area contributed by atoms with Crippen LogP contribution in [-0.4, -0.2) is 28.9 Å². The van der Waals surface area contributed by atoms with Gasteiger partial charge in [-0.05, 0) is 56.7 Å². The zero-order valence-electron chi connectivity index (χ0n) is 12.0. The second-order valence-corrected chi connectivity index (χ2v) is 7.06. The van der Waals surface area contributed by atoms with Gasteiger partial charge in [-0.15, -0.1) is 11.8 Å². The third-order valence-corrected chi connectivity index (χ3v) is 4.70. The normalized spacial score (nSPS) is 13.9. The van der Waals surface area contributed by atoms with E-state index in [0.717, 1.165) is 29.6 Å². The van der Waals surface area contributed by atoms with Gasteiger partial charge in [-0.3, -0.25) is 4.79 Å². The van der Waals surface area contributed by atoms with E-state index in [9.17, 15) is 9.90 Å². The molecular weight excluding hydrogens is 338 g/mol. The number of hydrogen-bond donors (Lipinski definition) is 2. The van der Waals surface area contributed by atoms with Gasteiger partial charge in [-0.1, -0.05) is 28.9 Å². The minimum atomic E-state index is -0.812. The van der Waals surface area contributed by atoms with E-state index in [-0.39, 0.29) is 0 Å². The highest BCUT2D eigenvalue weighted by atomic mass is 79.9. The van der Waals surface area contributed by atoms with Gasteiger partial charge in [0, 0.05) is 9.37 Å². The summed E-state index contributed by atoms with van der Waals surface area (Å²) in [6.07, 6.45) is 2.45. The largest absolute Gasteiger partial charge is 0.480 e. The van der Waals surface area contributed by atoms with E-state index in [4.69, 9.17) is 0 Å². The first-order valence-corrected chi connectivity index (χ1v) is 8.62. The number of carbonyl (C=O) groups is 1. The van der Waals surface area contributed by atoms with E-state index >= 15 is 0 Å². The Morgan fingerprint density at radius 2 is 2.25 bits per heavy atom. The summed E-state index contributed by atoms with van der Waals surface area (Å²) in [5, 5.41) is 12.5. The molecule has 20 heavy (non-hydrogen) atoms. The average Bonchev–Trinajstić information content (AvgIpc) is 2.41. The second-order valence-electron chi connectivity index (χ2n) is 4.97. The van der Waals surface area contributed by atoms with Gasteiger partial charge in [0.2, 0.25) is 0 Å². The third-order valence-electron chi connectivity index (χ3n) is 3.12. The van der Waals surface area contributed by atoms with E-state index in [2.05, 4.69) is 33.4 Å². The van der Waals surface area contributed by atoms with E-state index in [0.29, 0.717) is 6.42 Å². The molecule has 1 aromatic carbocycles. The Labute approximate surface area is 133 Å². The molecule has 0 spiro atoms. The molecule has 0 amide bonds. The van der Waals surface area contributed by atoms with Gasteiger partial charge in [-0.25, -0.2) is 0 Å². The summed E-state index contributed by atoms with van der Waals surface area (Å²) in [6.45, 7) is 4.55. The van der Waals surface area contributed by atoms with Gasteiger partial charge >= 0.3 is 5.97 Å². The van der Waals surface area contributed by atoms with E-state index in [1.165, 1.54) is 4.90 Å². The predicted octanol–water partition coefficient (Wildman–Crippen LogP) is 4.16. The number of thioether (sulfide) groups is 1. The Balaban J connectivity index is 2.39. The van der Waals surface area contributed by atoms with Gasteiger partial charge in [-0.2, -0.15) is 0 Å². The third kappa shape index (κ3) is 5.85. The number of hydrogen-bond acceptors (Lipinski definition) is 3. The van der Waals surface area contributed by atoms with Crippen LogP contribution in [0.5, 0.6) is 0 Å². The number of carboxylic acid groups (broad SMARTS) is 1. The Morgan fingerprint density at radius 1 is 1.50 bits per heavy atom. The van der Waals surface area contributed by atoms with Crippen molar-refractivity contribution >= 4 is 33.7 Å². The first-order valence-electron chi connectivity index (χ1n) is 6.85. The molecule has 0 aliphatic carbocycles. The molecule has 2 N–H and O–H groups in total. The average molecular weight is 360 g/mol. The second kappa shape index (κ2) is 8.70. The maximum atomic E-state index is 11.4. The molecule has 0 saturated carbocycles. The molecule has 112 valence electrons. The maximum absolute atomic E-state index is 11.4. The minimum Gasteiger partial charge on any atom is -0.480 e. The summed E-state index contributed by atoms with van der Waals surface area (Å²) in [4.78, 5) is 12.6. The van der Waals surface area contributed by atoms with Crippen molar-refractivity contribution in [2.75, 3.05) is 12.3 Å². The van der Waals surface area contributed by atoms with Gasteiger partial charge < -0.3 is 10.4 Å². The lowest BCUT2D eigenvalue weighted by Gasteiger charge is -2.26. The highest BCUT2D eigenvalue weighted by Crippen LogP contribution is 2.24. The van der Waals surface area contributed by atoms with E-state index in [1.54, 1.807) is 18.7 Å². The topological polar surface area (TPSA) is 49.3 Å². The Hall–Kier alpha value is -0.520. The molecule has 0 bridgehead atoms. The predicted molar refractivity (Wildman–Crippen MR) is 88.4 cm³/mol. The maximum Gasteiger partial charge on any atom is 0.323 e. The lowest BCUT2D eigenvalue weighted by atomic mass is 9.96. The SMILES string of the molecule is CCCNC(C)(CCCSc1cccc(Br)c1)C(=O)O. The quantitative estimate of drug-likeness (QED) is 0.513. The van der Waals surface area contributed by atoms with Crippen molar-refractivity contribution in [3.63, 3.8) is 0 Å². The summed E-state index contributed by atoms with van der Waals surface area (Å²) < 4.78 is 1.07. The van der Waals surface area contributed by atoms with Crippen molar-refractivity contribution in [1.82, 2.24) is 5.32 Å². The zero-order valence-corrected chi connectivity index (χ0v) is 14.4. The lowest BCUT2D eigenvalue weighted by Crippen LogP contribution is -2.49. The van der Waals surface area contributed by atoms with Crippen LogP contribution < -0.4 is 5.32 Å². The molecular formula is C15H22BrNO2S. The number of aliphatic carboxylic acids is 1. The summed E-state index contributed by atoms with van der Waals surface area (Å²) in [7, 11) is 0. The van der Waals surface area contributed by atoms with Crippen molar-refractivity contribution in [1.29, 1.82) is 0 Å². The molecule has 0 fully saturated rings. The monoisotopic (exact) mass is 359 g/mol.